The number of nitrogens with zero attached hydrogens (tertiary/aromatic N) is 1. The van der Waals surface area contributed by atoms with Crippen molar-refractivity contribution in [2.75, 3.05) is 13.2 Å². The quantitative estimate of drug-likeness (QED) is 0.843. The Balaban J connectivity index is 2.17. The van der Waals surface area contributed by atoms with Crippen LogP contribution in [0.2, 0.25) is 0 Å². The van der Waals surface area contributed by atoms with Crippen LogP contribution in [0, 0.1) is 5.92 Å². The van der Waals surface area contributed by atoms with E-state index in [4.69, 9.17) is 5.73 Å². The Morgan fingerprint density at radius 1 is 1.48 bits per heavy atom. The maximum Gasteiger partial charge on any atom is 0.248 e. The van der Waals surface area contributed by atoms with Gasteiger partial charge in [0.15, 0.2) is 0 Å². The number of nitrogens with two attached hydrogens (primary N) is 1. The van der Waals surface area contributed by atoms with Crippen molar-refractivity contribution >= 4 is 5.91 Å². The van der Waals surface area contributed by atoms with Crippen LogP contribution in [0.15, 0.2) is 24.3 Å². The number of hydrogen-bond donors (Lipinski definition) is 2. The fourth-order valence-electron chi connectivity index (χ4n) is 3.52. The summed E-state index contributed by atoms with van der Waals surface area (Å²) in [5, 5.41) is 9.94. The van der Waals surface area contributed by atoms with E-state index in [1.54, 1.807) is 6.07 Å². The van der Waals surface area contributed by atoms with E-state index >= 15 is 0 Å². The van der Waals surface area contributed by atoms with Gasteiger partial charge >= 0.3 is 0 Å². The minimum absolute atomic E-state index is 0.114. The number of benzene rings is 1. The second kappa shape index (κ2) is 6.58. The lowest BCUT2D eigenvalue weighted by molar-refractivity contribution is 0.0409. The smallest absolute Gasteiger partial charge is 0.248 e. The molecule has 0 aliphatic carbocycles. The van der Waals surface area contributed by atoms with Crippen LogP contribution in [0.25, 0.3) is 0 Å². The molecule has 1 fully saturated rings. The summed E-state index contributed by atoms with van der Waals surface area (Å²) in [6, 6.07) is 7.48. The van der Waals surface area contributed by atoms with Crippen LogP contribution in [-0.2, 0) is 6.54 Å². The molecule has 0 aromatic heterocycles. The number of hydrogen-bond acceptors (Lipinski definition) is 3. The Kier molecular flexibility index (Phi) is 5.01. The van der Waals surface area contributed by atoms with Crippen molar-refractivity contribution in [3.63, 3.8) is 0 Å². The van der Waals surface area contributed by atoms with Crippen molar-refractivity contribution < 1.29 is 9.90 Å². The van der Waals surface area contributed by atoms with Crippen molar-refractivity contribution in [1.82, 2.24) is 4.90 Å². The first-order chi connectivity index (χ1) is 9.97. The van der Waals surface area contributed by atoms with Gasteiger partial charge in [-0.2, -0.15) is 0 Å². The van der Waals surface area contributed by atoms with Crippen molar-refractivity contribution in [2.45, 2.75) is 45.2 Å². The third kappa shape index (κ3) is 3.63. The van der Waals surface area contributed by atoms with Crippen LogP contribution >= 0.6 is 0 Å². The molecular formula is C17H26N2O2. The summed E-state index contributed by atoms with van der Waals surface area (Å²) in [7, 11) is 0. The molecule has 1 heterocycles. The molecule has 21 heavy (non-hydrogen) atoms. The molecule has 1 saturated heterocycles. The predicted octanol–water partition coefficient (Wildman–Crippen LogP) is 2.16. The number of carbonyl (C=O) groups is 1. The van der Waals surface area contributed by atoms with Gasteiger partial charge in [-0.05, 0) is 49.4 Å². The number of primary amides is 1. The molecule has 0 unspecified atom stereocenters. The van der Waals surface area contributed by atoms with Crippen LogP contribution in [0.5, 0.6) is 0 Å². The van der Waals surface area contributed by atoms with E-state index in [1.165, 1.54) is 0 Å². The summed E-state index contributed by atoms with van der Waals surface area (Å²) in [6.07, 6.45) is 3.15. The van der Waals surface area contributed by atoms with Crippen molar-refractivity contribution in [3.05, 3.63) is 35.4 Å². The Labute approximate surface area is 126 Å². The van der Waals surface area contributed by atoms with Gasteiger partial charge in [-0.3, -0.25) is 9.69 Å². The Bertz CT molecular complexity index is 501. The molecular weight excluding hydrogens is 264 g/mol. The van der Waals surface area contributed by atoms with Gasteiger partial charge in [0, 0.05) is 17.6 Å². The van der Waals surface area contributed by atoms with Crippen molar-refractivity contribution in [1.29, 1.82) is 0 Å². The number of rotatable bonds is 6. The minimum Gasteiger partial charge on any atom is -0.394 e. The van der Waals surface area contributed by atoms with E-state index < -0.39 is 5.91 Å². The van der Waals surface area contributed by atoms with Gasteiger partial charge < -0.3 is 10.8 Å². The van der Waals surface area contributed by atoms with Crippen LogP contribution < -0.4 is 5.73 Å². The summed E-state index contributed by atoms with van der Waals surface area (Å²) in [5.74, 6) is 0.156. The summed E-state index contributed by atoms with van der Waals surface area (Å²) in [4.78, 5) is 13.7. The zero-order chi connectivity index (χ0) is 15.5. The van der Waals surface area contributed by atoms with E-state index in [9.17, 15) is 9.90 Å². The molecule has 4 heteroatoms. The first kappa shape index (κ1) is 16.0. The molecule has 1 aliphatic rings. The summed E-state index contributed by atoms with van der Waals surface area (Å²) < 4.78 is 0. The SMILES string of the molecule is CC(C)C[C@]1(CO)CCCN1Cc1cccc(C(N)=O)c1. The van der Waals surface area contributed by atoms with Gasteiger partial charge in [-0.1, -0.05) is 26.0 Å². The molecule has 1 aromatic rings. The lowest BCUT2D eigenvalue weighted by atomic mass is 9.87. The Morgan fingerprint density at radius 3 is 2.86 bits per heavy atom. The zero-order valence-corrected chi connectivity index (χ0v) is 13.0. The lowest BCUT2D eigenvalue weighted by Gasteiger charge is -2.38. The van der Waals surface area contributed by atoms with Crippen molar-refractivity contribution in [2.24, 2.45) is 11.7 Å². The number of aliphatic hydroxyl groups excluding tert-OH is 1. The van der Waals surface area contributed by atoms with E-state index in [0.29, 0.717) is 11.5 Å². The number of aliphatic hydroxyl groups is 1. The molecule has 3 N–H and O–H groups in total. The third-order valence-electron chi connectivity index (χ3n) is 4.41. The van der Waals surface area contributed by atoms with Gasteiger partial charge in [-0.15, -0.1) is 0 Å². The largest absolute Gasteiger partial charge is 0.394 e. The monoisotopic (exact) mass is 290 g/mol. The Morgan fingerprint density at radius 2 is 2.24 bits per heavy atom. The maximum absolute atomic E-state index is 11.3. The number of likely N-dealkylation sites (tertiary alicyclic amines) is 1. The van der Waals surface area contributed by atoms with Crippen LogP contribution in [0.3, 0.4) is 0 Å². The topological polar surface area (TPSA) is 66.6 Å². The van der Waals surface area contributed by atoms with Gasteiger partial charge in [0.05, 0.1) is 6.61 Å². The fraction of sp³-hybridized carbons (Fsp3) is 0.588. The van der Waals surface area contributed by atoms with Gasteiger partial charge in [0.2, 0.25) is 5.91 Å². The van der Waals surface area contributed by atoms with Gasteiger partial charge in [0.1, 0.15) is 0 Å². The average molecular weight is 290 g/mol. The highest BCUT2D eigenvalue weighted by atomic mass is 16.3. The van der Waals surface area contributed by atoms with E-state index in [1.807, 2.05) is 18.2 Å². The summed E-state index contributed by atoms with van der Waals surface area (Å²) in [5.41, 5.74) is 6.85. The third-order valence-corrected chi connectivity index (χ3v) is 4.41. The highest BCUT2D eigenvalue weighted by Gasteiger charge is 2.40. The second-order valence-corrected chi connectivity index (χ2v) is 6.57. The summed E-state index contributed by atoms with van der Waals surface area (Å²) in [6.45, 7) is 6.34. The average Bonchev–Trinajstić information content (AvgIpc) is 2.81. The molecule has 1 atom stereocenters. The van der Waals surface area contributed by atoms with Crippen LogP contribution in [-0.4, -0.2) is 34.6 Å². The van der Waals surface area contributed by atoms with E-state index in [0.717, 1.165) is 37.9 Å². The molecule has 2 rings (SSSR count). The first-order valence-corrected chi connectivity index (χ1v) is 7.71. The molecule has 0 saturated carbocycles. The molecule has 116 valence electrons. The first-order valence-electron chi connectivity index (χ1n) is 7.71. The number of amides is 1. The van der Waals surface area contributed by atoms with E-state index in [2.05, 4.69) is 18.7 Å². The Hall–Kier alpha value is -1.39. The number of carbonyl (C=O) groups excluding carboxylic acids is 1. The molecule has 4 nitrogen and oxygen atoms in total. The zero-order valence-electron chi connectivity index (χ0n) is 13.0. The standard InChI is InChI=1S/C17H26N2O2/c1-13(2)10-17(12-20)7-4-8-19(17)11-14-5-3-6-15(9-14)16(18)21/h3,5-6,9,13,20H,4,7-8,10-12H2,1-2H3,(H2,18,21)/t17-/m0/s1. The lowest BCUT2D eigenvalue weighted by Crippen LogP contribution is -2.47. The maximum atomic E-state index is 11.3. The predicted molar refractivity (Wildman–Crippen MR) is 83.9 cm³/mol. The fourth-order valence-corrected chi connectivity index (χ4v) is 3.52. The molecule has 0 bridgehead atoms. The van der Waals surface area contributed by atoms with Gasteiger partial charge in [-0.25, -0.2) is 0 Å². The normalized spacial score (nSPS) is 22.9. The van der Waals surface area contributed by atoms with Gasteiger partial charge in [0.25, 0.3) is 0 Å². The minimum atomic E-state index is -0.395. The summed E-state index contributed by atoms with van der Waals surface area (Å²) >= 11 is 0. The van der Waals surface area contributed by atoms with Crippen LogP contribution in [0.4, 0.5) is 0 Å². The second-order valence-electron chi connectivity index (χ2n) is 6.57. The molecule has 1 amide bonds. The molecule has 0 radical (unpaired) electrons. The highest BCUT2D eigenvalue weighted by Crippen LogP contribution is 2.35. The van der Waals surface area contributed by atoms with E-state index in [-0.39, 0.29) is 12.1 Å². The molecule has 1 aromatic carbocycles. The molecule has 0 spiro atoms. The van der Waals surface area contributed by atoms with Crippen LogP contribution in [0.1, 0.15) is 49.0 Å². The van der Waals surface area contributed by atoms with Crippen molar-refractivity contribution in [3.8, 4) is 0 Å². The highest BCUT2D eigenvalue weighted by molar-refractivity contribution is 5.92. The molecule has 1 aliphatic heterocycles.